The SMILES string of the molecule is Nc1cccn([C@@H]2CCCCCOCCC2)c1=O. The Balaban J connectivity index is 2.12. The molecule has 2 N–H and O–H groups in total. The smallest absolute Gasteiger partial charge is 0.273 e. The van der Waals surface area contributed by atoms with Gasteiger partial charge in [-0.25, -0.2) is 0 Å². The molecule has 1 saturated heterocycles. The van der Waals surface area contributed by atoms with E-state index in [1.165, 1.54) is 6.42 Å². The maximum atomic E-state index is 12.0. The van der Waals surface area contributed by atoms with Gasteiger partial charge in [0.2, 0.25) is 0 Å². The normalized spacial score (nSPS) is 22.6. The van der Waals surface area contributed by atoms with Crippen molar-refractivity contribution in [2.75, 3.05) is 18.9 Å². The van der Waals surface area contributed by atoms with Crippen molar-refractivity contribution in [1.82, 2.24) is 4.57 Å². The number of pyridine rings is 1. The Kier molecular flexibility index (Phi) is 4.81. The first-order chi connectivity index (χ1) is 8.79. The van der Waals surface area contributed by atoms with Gasteiger partial charge in [-0.3, -0.25) is 4.79 Å². The second-order valence-electron chi connectivity index (χ2n) is 4.93. The molecule has 4 heteroatoms. The minimum Gasteiger partial charge on any atom is -0.394 e. The molecule has 18 heavy (non-hydrogen) atoms. The Morgan fingerprint density at radius 3 is 2.83 bits per heavy atom. The van der Waals surface area contributed by atoms with Crippen molar-refractivity contribution in [3.05, 3.63) is 28.7 Å². The van der Waals surface area contributed by atoms with Crippen molar-refractivity contribution in [1.29, 1.82) is 0 Å². The van der Waals surface area contributed by atoms with Gasteiger partial charge in [-0.05, 0) is 37.8 Å². The monoisotopic (exact) mass is 250 g/mol. The summed E-state index contributed by atoms with van der Waals surface area (Å²) in [5, 5.41) is 0. The Labute approximate surface area is 108 Å². The number of rotatable bonds is 1. The van der Waals surface area contributed by atoms with Gasteiger partial charge in [0.05, 0.1) is 5.69 Å². The van der Waals surface area contributed by atoms with E-state index >= 15 is 0 Å². The predicted molar refractivity (Wildman–Crippen MR) is 72.7 cm³/mol. The molecule has 100 valence electrons. The third-order valence-corrected chi connectivity index (χ3v) is 3.55. The van der Waals surface area contributed by atoms with Crippen LogP contribution in [0.15, 0.2) is 23.1 Å². The molecule has 0 saturated carbocycles. The Bertz CT molecular complexity index is 418. The largest absolute Gasteiger partial charge is 0.394 e. The van der Waals surface area contributed by atoms with E-state index < -0.39 is 0 Å². The van der Waals surface area contributed by atoms with Crippen LogP contribution in [0.3, 0.4) is 0 Å². The molecule has 1 aromatic rings. The van der Waals surface area contributed by atoms with Crippen LogP contribution in [-0.4, -0.2) is 17.8 Å². The number of hydrogen-bond donors (Lipinski definition) is 1. The third-order valence-electron chi connectivity index (χ3n) is 3.55. The molecule has 0 radical (unpaired) electrons. The van der Waals surface area contributed by atoms with Crippen molar-refractivity contribution in [3.63, 3.8) is 0 Å². The van der Waals surface area contributed by atoms with E-state index in [1.807, 2.05) is 12.3 Å². The van der Waals surface area contributed by atoms with E-state index in [2.05, 4.69) is 0 Å². The maximum Gasteiger partial charge on any atom is 0.273 e. The fourth-order valence-electron chi connectivity index (χ4n) is 2.52. The van der Waals surface area contributed by atoms with Crippen molar-refractivity contribution >= 4 is 5.69 Å². The Morgan fingerprint density at radius 1 is 1.17 bits per heavy atom. The first-order valence-electron chi connectivity index (χ1n) is 6.83. The van der Waals surface area contributed by atoms with Gasteiger partial charge < -0.3 is 15.0 Å². The van der Waals surface area contributed by atoms with E-state index in [1.54, 1.807) is 10.6 Å². The molecular weight excluding hydrogens is 228 g/mol. The second kappa shape index (κ2) is 6.59. The van der Waals surface area contributed by atoms with Gasteiger partial charge in [0, 0.05) is 25.5 Å². The molecule has 2 rings (SSSR count). The van der Waals surface area contributed by atoms with Crippen molar-refractivity contribution in [3.8, 4) is 0 Å². The van der Waals surface area contributed by atoms with Gasteiger partial charge in [0.25, 0.3) is 5.56 Å². The van der Waals surface area contributed by atoms with Gasteiger partial charge in [-0.15, -0.1) is 0 Å². The van der Waals surface area contributed by atoms with Crippen molar-refractivity contribution in [2.45, 2.75) is 44.6 Å². The molecule has 1 fully saturated rings. The lowest BCUT2D eigenvalue weighted by molar-refractivity contribution is 0.117. The summed E-state index contributed by atoms with van der Waals surface area (Å²) in [6, 6.07) is 3.79. The van der Waals surface area contributed by atoms with Gasteiger partial charge in [-0.1, -0.05) is 12.8 Å². The van der Waals surface area contributed by atoms with Gasteiger partial charge >= 0.3 is 0 Å². The van der Waals surface area contributed by atoms with Crippen LogP contribution < -0.4 is 11.3 Å². The lowest BCUT2D eigenvalue weighted by atomic mass is 10.0. The summed E-state index contributed by atoms with van der Waals surface area (Å²) in [4.78, 5) is 12.0. The Morgan fingerprint density at radius 2 is 1.94 bits per heavy atom. The standard InChI is InChI=1S/C14H22N2O2/c15-13-8-4-9-16(14(13)17)12-6-2-1-3-10-18-11-5-7-12/h4,8-9,12H,1-3,5-7,10-11,15H2/t12-/m1/s1. The lowest BCUT2D eigenvalue weighted by Crippen LogP contribution is -2.26. The summed E-state index contributed by atoms with van der Waals surface area (Å²) >= 11 is 0. The quantitative estimate of drug-likeness (QED) is 0.832. The number of nitrogen functional groups attached to an aromatic ring is 1. The van der Waals surface area contributed by atoms with Gasteiger partial charge in [0.15, 0.2) is 0 Å². The summed E-state index contributed by atoms with van der Waals surface area (Å²) in [6.07, 6.45) is 8.36. The maximum absolute atomic E-state index is 12.0. The van der Waals surface area contributed by atoms with Crippen LogP contribution in [0.5, 0.6) is 0 Å². The van der Waals surface area contributed by atoms with Crippen LogP contribution in [0.1, 0.15) is 44.6 Å². The average Bonchev–Trinajstić information content (AvgIpc) is 2.39. The number of aromatic nitrogens is 1. The number of hydrogen-bond acceptors (Lipinski definition) is 3. The zero-order valence-corrected chi connectivity index (χ0v) is 10.8. The molecule has 1 atom stereocenters. The van der Waals surface area contributed by atoms with Crippen LogP contribution >= 0.6 is 0 Å². The van der Waals surface area contributed by atoms with E-state index in [-0.39, 0.29) is 11.6 Å². The molecule has 1 aromatic heterocycles. The number of ether oxygens (including phenoxy) is 1. The van der Waals surface area contributed by atoms with Gasteiger partial charge in [-0.2, -0.15) is 0 Å². The van der Waals surface area contributed by atoms with Crippen LogP contribution in [0.4, 0.5) is 5.69 Å². The zero-order valence-electron chi connectivity index (χ0n) is 10.8. The average molecular weight is 250 g/mol. The van der Waals surface area contributed by atoms with E-state index in [9.17, 15) is 4.79 Å². The molecule has 0 aromatic carbocycles. The first-order valence-corrected chi connectivity index (χ1v) is 6.83. The molecule has 0 amide bonds. The Hall–Kier alpha value is -1.29. The fourth-order valence-corrected chi connectivity index (χ4v) is 2.52. The van der Waals surface area contributed by atoms with Crippen LogP contribution in [0, 0.1) is 0 Å². The molecule has 1 aliphatic heterocycles. The highest BCUT2D eigenvalue weighted by atomic mass is 16.5. The first kappa shape index (κ1) is 13.1. The molecule has 4 nitrogen and oxygen atoms in total. The molecular formula is C14H22N2O2. The predicted octanol–water partition coefficient (Wildman–Crippen LogP) is 2.34. The van der Waals surface area contributed by atoms with Crippen LogP contribution in [0.25, 0.3) is 0 Å². The number of anilines is 1. The minimum atomic E-state index is -0.0551. The van der Waals surface area contributed by atoms with E-state index in [0.29, 0.717) is 5.69 Å². The minimum absolute atomic E-state index is 0.0551. The molecule has 0 bridgehead atoms. The zero-order chi connectivity index (χ0) is 12.8. The molecule has 1 aliphatic rings. The second-order valence-corrected chi connectivity index (χ2v) is 4.93. The molecule has 2 heterocycles. The lowest BCUT2D eigenvalue weighted by Gasteiger charge is -2.21. The molecule has 0 spiro atoms. The van der Waals surface area contributed by atoms with Crippen LogP contribution in [0.2, 0.25) is 0 Å². The number of nitrogens with zero attached hydrogens (tertiary/aromatic N) is 1. The van der Waals surface area contributed by atoms with E-state index in [4.69, 9.17) is 10.5 Å². The van der Waals surface area contributed by atoms with Crippen LogP contribution in [-0.2, 0) is 4.74 Å². The summed E-state index contributed by atoms with van der Waals surface area (Å²) in [6.45, 7) is 1.68. The van der Waals surface area contributed by atoms with Crippen molar-refractivity contribution < 1.29 is 4.74 Å². The summed E-state index contributed by atoms with van der Waals surface area (Å²) in [7, 11) is 0. The number of nitrogens with two attached hydrogens (primary N) is 1. The summed E-state index contributed by atoms with van der Waals surface area (Å²) in [5.41, 5.74) is 5.98. The molecule has 0 unspecified atom stereocenters. The summed E-state index contributed by atoms with van der Waals surface area (Å²) in [5.74, 6) is 0. The topological polar surface area (TPSA) is 57.2 Å². The highest BCUT2D eigenvalue weighted by Crippen LogP contribution is 2.21. The highest BCUT2D eigenvalue weighted by molar-refractivity contribution is 5.33. The highest BCUT2D eigenvalue weighted by Gasteiger charge is 2.13. The summed E-state index contributed by atoms with van der Waals surface area (Å²) < 4.78 is 7.34. The van der Waals surface area contributed by atoms with Gasteiger partial charge in [0.1, 0.15) is 0 Å². The van der Waals surface area contributed by atoms with E-state index in [0.717, 1.165) is 45.3 Å². The molecule has 0 aliphatic carbocycles. The van der Waals surface area contributed by atoms with Crippen molar-refractivity contribution in [2.24, 2.45) is 0 Å². The third kappa shape index (κ3) is 3.35. The fraction of sp³-hybridized carbons (Fsp3) is 0.643.